The number of nitrogens with one attached hydrogen (secondary N) is 2. The first-order valence-electron chi connectivity index (χ1n) is 5.72. The molecule has 1 aromatic carbocycles. The second-order valence-electron chi connectivity index (χ2n) is 4.16. The van der Waals surface area contributed by atoms with Gasteiger partial charge in [-0.2, -0.15) is 0 Å². The van der Waals surface area contributed by atoms with Crippen molar-refractivity contribution in [2.75, 3.05) is 5.43 Å². The van der Waals surface area contributed by atoms with Crippen LogP contribution in [-0.4, -0.2) is 18.4 Å². The summed E-state index contributed by atoms with van der Waals surface area (Å²) in [5.74, 6) is -0.502. The van der Waals surface area contributed by atoms with E-state index in [4.69, 9.17) is 0 Å². The lowest BCUT2D eigenvalue weighted by Gasteiger charge is -2.09. The first kappa shape index (κ1) is 14.4. The van der Waals surface area contributed by atoms with E-state index in [2.05, 4.69) is 20.2 Å². The molecule has 0 unspecified atom stereocenters. The standard InChI is InChI=1S/C12H13FN4O2S/c1-8-6-9(2)15-12(14-8)16-17-20(18,19)11-5-3-4-10(13)7-11/h3-7,17H,1-2H3,(H,14,15,16). The molecule has 0 aliphatic carbocycles. The highest BCUT2D eigenvalue weighted by Crippen LogP contribution is 2.10. The van der Waals surface area contributed by atoms with Crippen LogP contribution in [0.4, 0.5) is 10.3 Å². The average molecular weight is 296 g/mol. The Balaban J connectivity index is 2.17. The summed E-state index contributed by atoms with van der Waals surface area (Å²) >= 11 is 0. The molecular formula is C12H13FN4O2S. The van der Waals surface area contributed by atoms with Crippen molar-refractivity contribution in [2.45, 2.75) is 18.7 Å². The second-order valence-corrected chi connectivity index (χ2v) is 5.84. The molecule has 0 radical (unpaired) electrons. The average Bonchev–Trinajstić information content (AvgIpc) is 2.35. The Morgan fingerprint density at radius 2 is 1.75 bits per heavy atom. The van der Waals surface area contributed by atoms with Crippen LogP contribution in [0.3, 0.4) is 0 Å². The van der Waals surface area contributed by atoms with E-state index in [1.54, 1.807) is 19.9 Å². The van der Waals surface area contributed by atoms with E-state index in [0.717, 1.165) is 6.07 Å². The fourth-order valence-corrected chi connectivity index (χ4v) is 2.46. The predicted molar refractivity (Wildman–Crippen MR) is 71.9 cm³/mol. The van der Waals surface area contributed by atoms with Crippen molar-refractivity contribution in [1.82, 2.24) is 14.8 Å². The topological polar surface area (TPSA) is 84.0 Å². The lowest BCUT2D eigenvalue weighted by atomic mass is 10.4. The second kappa shape index (κ2) is 5.51. The van der Waals surface area contributed by atoms with Gasteiger partial charge in [0.05, 0.1) is 4.90 Å². The van der Waals surface area contributed by atoms with Crippen molar-refractivity contribution in [3.8, 4) is 0 Å². The molecule has 1 heterocycles. The van der Waals surface area contributed by atoms with Gasteiger partial charge in [0.15, 0.2) is 0 Å². The number of hydrazine groups is 1. The van der Waals surface area contributed by atoms with E-state index < -0.39 is 15.8 Å². The monoisotopic (exact) mass is 296 g/mol. The third-order valence-corrected chi connectivity index (χ3v) is 3.63. The number of anilines is 1. The Kier molecular flexibility index (Phi) is 3.96. The number of hydrogen-bond donors (Lipinski definition) is 2. The van der Waals surface area contributed by atoms with Crippen LogP contribution in [0.25, 0.3) is 0 Å². The van der Waals surface area contributed by atoms with Crippen molar-refractivity contribution >= 4 is 16.0 Å². The molecule has 1 aromatic heterocycles. The van der Waals surface area contributed by atoms with Gasteiger partial charge >= 0.3 is 0 Å². The normalized spacial score (nSPS) is 11.3. The minimum atomic E-state index is -3.89. The van der Waals surface area contributed by atoms with E-state index in [1.807, 2.05) is 0 Å². The van der Waals surface area contributed by atoms with E-state index in [-0.39, 0.29) is 10.8 Å². The number of halogens is 1. The van der Waals surface area contributed by atoms with Gasteiger partial charge in [0.2, 0.25) is 5.95 Å². The highest BCUT2D eigenvalue weighted by atomic mass is 32.2. The van der Waals surface area contributed by atoms with Gasteiger partial charge in [0, 0.05) is 11.4 Å². The zero-order valence-corrected chi connectivity index (χ0v) is 11.7. The predicted octanol–water partition coefficient (Wildman–Crippen LogP) is 1.54. The van der Waals surface area contributed by atoms with Crippen LogP contribution in [0.2, 0.25) is 0 Å². The lowest BCUT2D eigenvalue weighted by Crippen LogP contribution is -2.30. The molecule has 2 aromatic rings. The SMILES string of the molecule is Cc1cc(C)nc(NNS(=O)(=O)c2cccc(F)c2)n1. The maximum absolute atomic E-state index is 13.0. The van der Waals surface area contributed by atoms with Crippen LogP contribution in [0, 0.1) is 19.7 Å². The van der Waals surface area contributed by atoms with E-state index in [0.29, 0.717) is 11.4 Å². The van der Waals surface area contributed by atoms with Gasteiger partial charge in [0.25, 0.3) is 10.0 Å². The highest BCUT2D eigenvalue weighted by Gasteiger charge is 2.14. The molecule has 2 N–H and O–H groups in total. The lowest BCUT2D eigenvalue weighted by molar-refractivity contribution is 0.583. The molecule has 8 heteroatoms. The minimum absolute atomic E-state index is 0.127. The van der Waals surface area contributed by atoms with Gasteiger partial charge in [-0.3, -0.25) is 5.43 Å². The molecule has 0 spiro atoms. The summed E-state index contributed by atoms with van der Waals surface area (Å²) in [6, 6.07) is 6.45. The molecule has 0 aliphatic heterocycles. The summed E-state index contributed by atoms with van der Waals surface area (Å²) in [6.07, 6.45) is 0. The van der Waals surface area contributed by atoms with Crippen molar-refractivity contribution in [2.24, 2.45) is 0 Å². The summed E-state index contributed by atoms with van der Waals surface area (Å²) in [5.41, 5.74) is 3.80. The van der Waals surface area contributed by atoms with E-state index >= 15 is 0 Å². The van der Waals surface area contributed by atoms with Crippen molar-refractivity contribution in [3.63, 3.8) is 0 Å². The van der Waals surface area contributed by atoms with E-state index in [9.17, 15) is 12.8 Å². The number of aryl methyl sites for hydroxylation is 2. The first-order valence-corrected chi connectivity index (χ1v) is 7.21. The first-order chi connectivity index (χ1) is 9.37. The zero-order valence-electron chi connectivity index (χ0n) is 10.9. The Labute approximate surface area is 116 Å². The quantitative estimate of drug-likeness (QED) is 0.836. The fraction of sp³-hybridized carbons (Fsp3) is 0.167. The molecule has 0 saturated heterocycles. The maximum Gasteiger partial charge on any atom is 0.257 e. The number of sulfonamides is 1. The van der Waals surface area contributed by atoms with Crippen LogP contribution < -0.4 is 10.3 Å². The van der Waals surface area contributed by atoms with Crippen LogP contribution >= 0.6 is 0 Å². The summed E-state index contributed by atoms with van der Waals surface area (Å²) < 4.78 is 36.9. The van der Waals surface area contributed by atoms with Gasteiger partial charge in [-0.25, -0.2) is 22.8 Å². The minimum Gasteiger partial charge on any atom is -0.276 e. The molecule has 0 atom stereocenters. The van der Waals surface area contributed by atoms with Crippen LogP contribution in [-0.2, 0) is 10.0 Å². The number of hydrogen-bond acceptors (Lipinski definition) is 5. The Hall–Kier alpha value is -2.06. The van der Waals surface area contributed by atoms with Gasteiger partial charge in [-0.05, 0) is 38.1 Å². The fourth-order valence-electron chi connectivity index (χ4n) is 1.59. The molecule has 106 valence electrons. The number of rotatable bonds is 4. The van der Waals surface area contributed by atoms with Gasteiger partial charge < -0.3 is 0 Å². The Morgan fingerprint density at radius 1 is 1.10 bits per heavy atom. The summed E-state index contributed by atoms with van der Waals surface area (Å²) in [7, 11) is -3.89. The number of benzene rings is 1. The smallest absolute Gasteiger partial charge is 0.257 e. The van der Waals surface area contributed by atoms with Crippen LogP contribution in [0.1, 0.15) is 11.4 Å². The van der Waals surface area contributed by atoms with Gasteiger partial charge in [0.1, 0.15) is 5.82 Å². The van der Waals surface area contributed by atoms with Crippen LogP contribution in [0.15, 0.2) is 35.2 Å². The maximum atomic E-state index is 13.0. The van der Waals surface area contributed by atoms with Gasteiger partial charge in [-0.15, -0.1) is 4.83 Å². The third kappa shape index (κ3) is 3.49. The molecular weight excluding hydrogens is 283 g/mol. The number of aromatic nitrogens is 2. The van der Waals surface area contributed by atoms with Crippen LogP contribution in [0.5, 0.6) is 0 Å². The molecule has 20 heavy (non-hydrogen) atoms. The van der Waals surface area contributed by atoms with Crippen molar-refractivity contribution in [3.05, 3.63) is 47.5 Å². The van der Waals surface area contributed by atoms with Crippen molar-refractivity contribution < 1.29 is 12.8 Å². The molecule has 0 saturated carbocycles. The van der Waals surface area contributed by atoms with Crippen molar-refractivity contribution in [1.29, 1.82) is 0 Å². The molecule has 0 aliphatic rings. The molecule has 2 rings (SSSR count). The van der Waals surface area contributed by atoms with Gasteiger partial charge in [-0.1, -0.05) is 6.07 Å². The Bertz CT molecular complexity index is 714. The summed E-state index contributed by atoms with van der Waals surface area (Å²) in [6.45, 7) is 3.53. The molecule has 6 nitrogen and oxygen atoms in total. The Morgan fingerprint density at radius 3 is 2.35 bits per heavy atom. The summed E-state index contributed by atoms with van der Waals surface area (Å²) in [4.78, 5) is 9.97. The zero-order chi connectivity index (χ0) is 14.8. The van der Waals surface area contributed by atoms with E-state index in [1.165, 1.54) is 18.2 Å². The molecule has 0 bridgehead atoms. The molecule has 0 amide bonds. The molecule has 0 fully saturated rings. The highest BCUT2D eigenvalue weighted by molar-refractivity contribution is 7.89. The largest absolute Gasteiger partial charge is 0.276 e. The number of nitrogens with zero attached hydrogens (tertiary/aromatic N) is 2. The third-order valence-electron chi connectivity index (χ3n) is 2.39. The summed E-state index contributed by atoms with van der Waals surface area (Å²) in [5, 5.41) is 0.